The number of amides is 2. The molecule has 0 unspecified atom stereocenters. The van der Waals surface area contributed by atoms with Gasteiger partial charge in [-0.2, -0.15) is 0 Å². The minimum absolute atomic E-state index is 0.261. The smallest absolute Gasteiger partial charge is 0.282 e. The predicted octanol–water partition coefficient (Wildman–Crippen LogP) is 6.30. The van der Waals surface area contributed by atoms with Crippen LogP contribution in [0.2, 0.25) is 0 Å². The number of rotatable bonds is 8. The second-order valence-corrected chi connectivity index (χ2v) is 8.78. The third-order valence-electron chi connectivity index (χ3n) is 5.84. The molecule has 0 radical (unpaired) electrons. The number of para-hydroxylation sites is 2. The first kappa shape index (κ1) is 23.3. The van der Waals surface area contributed by atoms with Crippen molar-refractivity contribution in [2.24, 2.45) is 0 Å². The number of benzene rings is 3. The number of hydrogen-bond acceptors (Lipinski definition) is 4. The summed E-state index contributed by atoms with van der Waals surface area (Å²) in [5.74, 6) is 0.141. The number of ether oxygens (including phenoxy) is 1. The van der Waals surface area contributed by atoms with Crippen LogP contribution in [0.3, 0.4) is 0 Å². The molecule has 0 spiro atoms. The lowest BCUT2D eigenvalue weighted by atomic mass is 10.0. The quantitative estimate of drug-likeness (QED) is 0.406. The number of carbonyl (C=O) groups excluding carboxylic acids is 2. The third-order valence-corrected chi connectivity index (χ3v) is 5.84. The van der Waals surface area contributed by atoms with E-state index in [1.54, 1.807) is 18.2 Å². The van der Waals surface area contributed by atoms with Gasteiger partial charge < -0.3 is 10.1 Å². The van der Waals surface area contributed by atoms with E-state index in [0.29, 0.717) is 35.1 Å². The van der Waals surface area contributed by atoms with Gasteiger partial charge in [0.2, 0.25) is 0 Å². The average molecular weight is 455 g/mol. The Kier molecular flexibility index (Phi) is 6.82. The molecule has 0 fully saturated rings. The number of imide groups is 1. The van der Waals surface area contributed by atoms with Crippen molar-refractivity contribution >= 4 is 28.8 Å². The molecule has 1 N–H and O–H groups in total. The van der Waals surface area contributed by atoms with E-state index in [9.17, 15) is 9.59 Å². The Bertz CT molecular complexity index is 1220. The number of hydrogen-bond donors (Lipinski definition) is 1. The molecule has 5 heteroatoms. The number of carbonyl (C=O) groups is 2. The fourth-order valence-corrected chi connectivity index (χ4v) is 3.92. The van der Waals surface area contributed by atoms with Crippen molar-refractivity contribution in [2.75, 3.05) is 16.8 Å². The van der Waals surface area contributed by atoms with Crippen molar-refractivity contribution in [1.82, 2.24) is 0 Å². The molecule has 0 bridgehead atoms. The molecule has 1 aliphatic rings. The maximum Gasteiger partial charge on any atom is 0.282 e. The normalized spacial score (nSPS) is 13.7. The second kappa shape index (κ2) is 9.96. The Morgan fingerprint density at radius 2 is 1.56 bits per heavy atom. The molecule has 0 saturated heterocycles. The summed E-state index contributed by atoms with van der Waals surface area (Å²) in [5.41, 5.74) is 4.79. The zero-order valence-electron chi connectivity index (χ0n) is 20.1. The third kappa shape index (κ3) is 4.60. The minimum Gasteiger partial charge on any atom is -0.491 e. The van der Waals surface area contributed by atoms with Crippen molar-refractivity contribution in [3.63, 3.8) is 0 Å². The van der Waals surface area contributed by atoms with Crippen molar-refractivity contribution in [3.8, 4) is 5.75 Å². The van der Waals surface area contributed by atoms with Crippen LogP contribution < -0.4 is 15.0 Å². The van der Waals surface area contributed by atoms with E-state index in [4.69, 9.17) is 4.74 Å². The van der Waals surface area contributed by atoms with Crippen LogP contribution in [0.1, 0.15) is 49.8 Å². The Balaban J connectivity index is 1.77. The van der Waals surface area contributed by atoms with Crippen molar-refractivity contribution < 1.29 is 14.3 Å². The molecule has 0 atom stereocenters. The molecule has 174 valence electrons. The molecule has 1 heterocycles. The SMILES string of the molecule is CCCOc1ccccc1N1C(=O)C(Nc2ccc(C(C)C)cc2)=C(c2ccc(C)cc2)C1=O. The van der Waals surface area contributed by atoms with E-state index < -0.39 is 5.91 Å². The highest BCUT2D eigenvalue weighted by atomic mass is 16.5. The molecule has 0 aromatic heterocycles. The van der Waals surface area contributed by atoms with Gasteiger partial charge in [-0.15, -0.1) is 0 Å². The van der Waals surface area contributed by atoms with Gasteiger partial charge in [0.05, 0.1) is 17.9 Å². The lowest BCUT2D eigenvalue weighted by Gasteiger charge is -2.19. The molecule has 4 rings (SSSR count). The Hall–Kier alpha value is -3.86. The molecule has 1 aliphatic heterocycles. The number of anilines is 2. The van der Waals surface area contributed by atoms with Crippen LogP contribution in [0.4, 0.5) is 11.4 Å². The first-order chi connectivity index (χ1) is 16.4. The maximum absolute atomic E-state index is 13.7. The summed E-state index contributed by atoms with van der Waals surface area (Å²) in [6.45, 7) is 8.77. The number of nitrogens with one attached hydrogen (secondary N) is 1. The fourth-order valence-electron chi connectivity index (χ4n) is 3.92. The van der Waals surface area contributed by atoms with E-state index in [1.165, 1.54) is 10.5 Å². The molecule has 3 aromatic rings. The molecule has 0 saturated carbocycles. The summed E-state index contributed by atoms with van der Waals surface area (Å²) in [5, 5.41) is 3.24. The van der Waals surface area contributed by atoms with Gasteiger partial charge in [0.25, 0.3) is 11.8 Å². The lowest BCUT2D eigenvalue weighted by Crippen LogP contribution is -2.32. The van der Waals surface area contributed by atoms with E-state index in [-0.39, 0.29) is 11.6 Å². The second-order valence-electron chi connectivity index (χ2n) is 8.78. The van der Waals surface area contributed by atoms with E-state index in [0.717, 1.165) is 17.7 Å². The van der Waals surface area contributed by atoms with E-state index >= 15 is 0 Å². The largest absolute Gasteiger partial charge is 0.491 e. The van der Waals surface area contributed by atoms with Gasteiger partial charge in [0, 0.05) is 5.69 Å². The monoisotopic (exact) mass is 454 g/mol. The molecule has 2 amide bonds. The first-order valence-corrected chi connectivity index (χ1v) is 11.7. The molecular formula is C29H30N2O3. The van der Waals surface area contributed by atoms with Crippen LogP contribution in [0.15, 0.2) is 78.5 Å². The zero-order chi connectivity index (χ0) is 24.2. The molecule has 0 aliphatic carbocycles. The summed E-state index contributed by atoms with van der Waals surface area (Å²) in [7, 11) is 0. The maximum atomic E-state index is 13.7. The van der Waals surface area contributed by atoms with Gasteiger partial charge >= 0.3 is 0 Å². The topological polar surface area (TPSA) is 58.6 Å². The molecule has 5 nitrogen and oxygen atoms in total. The molecule has 3 aromatic carbocycles. The summed E-state index contributed by atoms with van der Waals surface area (Å²) >= 11 is 0. The van der Waals surface area contributed by atoms with Gasteiger partial charge in [0.1, 0.15) is 11.4 Å². The fraction of sp³-hybridized carbons (Fsp3) is 0.241. The summed E-state index contributed by atoms with van der Waals surface area (Å²) in [4.78, 5) is 28.6. The van der Waals surface area contributed by atoms with Gasteiger partial charge in [-0.25, -0.2) is 4.90 Å². The average Bonchev–Trinajstić information content (AvgIpc) is 3.08. The standard InChI is InChI=1S/C29H30N2O3/c1-5-18-34-25-9-7-6-8-24(25)31-28(32)26(22-12-10-20(4)11-13-22)27(29(31)33)30-23-16-14-21(15-17-23)19(2)3/h6-17,19,30H,5,18H2,1-4H3. The summed E-state index contributed by atoms with van der Waals surface area (Å²) < 4.78 is 5.86. The van der Waals surface area contributed by atoms with Gasteiger partial charge in [0.15, 0.2) is 0 Å². The highest BCUT2D eigenvalue weighted by Gasteiger charge is 2.41. The predicted molar refractivity (Wildman–Crippen MR) is 137 cm³/mol. The van der Waals surface area contributed by atoms with Crippen molar-refractivity contribution in [1.29, 1.82) is 0 Å². The highest BCUT2D eigenvalue weighted by Crippen LogP contribution is 2.38. The zero-order valence-corrected chi connectivity index (χ0v) is 20.1. The van der Waals surface area contributed by atoms with Crippen LogP contribution in [0, 0.1) is 6.92 Å². The molecular weight excluding hydrogens is 424 g/mol. The van der Waals surface area contributed by atoms with E-state index in [2.05, 4.69) is 19.2 Å². The van der Waals surface area contributed by atoms with Crippen LogP contribution in [-0.2, 0) is 9.59 Å². The Morgan fingerprint density at radius 1 is 0.882 bits per heavy atom. The van der Waals surface area contributed by atoms with Crippen LogP contribution in [0.25, 0.3) is 5.57 Å². The van der Waals surface area contributed by atoms with Gasteiger partial charge in [-0.05, 0) is 54.7 Å². The first-order valence-electron chi connectivity index (χ1n) is 11.7. The number of aryl methyl sites for hydroxylation is 1. The van der Waals surface area contributed by atoms with E-state index in [1.807, 2.05) is 68.4 Å². The minimum atomic E-state index is -0.402. The van der Waals surface area contributed by atoms with Gasteiger partial charge in [-0.3, -0.25) is 9.59 Å². The number of nitrogens with zero attached hydrogens (tertiary/aromatic N) is 1. The lowest BCUT2D eigenvalue weighted by molar-refractivity contribution is -0.120. The van der Waals surface area contributed by atoms with Crippen LogP contribution in [0.5, 0.6) is 5.75 Å². The Morgan fingerprint density at radius 3 is 2.21 bits per heavy atom. The summed E-state index contributed by atoms with van der Waals surface area (Å²) in [6.07, 6.45) is 0.822. The van der Waals surface area contributed by atoms with Crippen LogP contribution in [-0.4, -0.2) is 18.4 Å². The van der Waals surface area contributed by atoms with Crippen molar-refractivity contribution in [3.05, 3.63) is 95.2 Å². The van der Waals surface area contributed by atoms with Gasteiger partial charge in [-0.1, -0.05) is 74.9 Å². The summed E-state index contributed by atoms with van der Waals surface area (Å²) in [6, 6.07) is 22.7. The highest BCUT2D eigenvalue weighted by molar-refractivity contribution is 6.46. The van der Waals surface area contributed by atoms with Crippen molar-refractivity contribution in [2.45, 2.75) is 40.0 Å². The Labute approximate surface area is 201 Å². The molecule has 34 heavy (non-hydrogen) atoms. The van der Waals surface area contributed by atoms with Crippen LogP contribution >= 0.6 is 0 Å².